The monoisotopic (exact) mass is 257 g/mol. The zero-order valence-electron chi connectivity index (χ0n) is 10.1. The van der Waals surface area contributed by atoms with Crippen molar-refractivity contribution in [3.63, 3.8) is 0 Å². The fraction of sp³-hybridized carbons (Fsp3) is 0.267. The number of hydrogen-bond acceptors (Lipinski definition) is 2. The molecule has 1 amide bonds. The van der Waals surface area contributed by atoms with E-state index in [1.165, 1.54) is 5.56 Å². The number of fused-ring (bicyclic) bond motifs is 1. The van der Waals surface area contributed by atoms with Crippen molar-refractivity contribution in [3.05, 3.63) is 52.2 Å². The third-order valence-corrected chi connectivity index (χ3v) is 4.06. The van der Waals surface area contributed by atoms with Crippen molar-refractivity contribution < 1.29 is 4.79 Å². The number of para-hydroxylation sites is 1. The highest BCUT2D eigenvalue weighted by atomic mass is 32.1. The molecule has 0 unspecified atom stereocenters. The average Bonchev–Trinajstić information content (AvgIpc) is 2.85. The number of anilines is 1. The summed E-state index contributed by atoms with van der Waals surface area (Å²) in [5.41, 5.74) is 3.18. The van der Waals surface area contributed by atoms with Crippen LogP contribution < -0.4 is 4.90 Å². The zero-order valence-corrected chi connectivity index (χ0v) is 11.0. The number of rotatable bonds is 1. The van der Waals surface area contributed by atoms with Gasteiger partial charge in [-0.25, -0.2) is 0 Å². The molecule has 3 heteroatoms. The minimum atomic E-state index is 0.130. The minimum Gasteiger partial charge on any atom is -0.308 e. The van der Waals surface area contributed by atoms with Crippen LogP contribution in [0.1, 0.15) is 28.8 Å². The molecule has 0 radical (unpaired) electrons. The van der Waals surface area contributed by atoms with E-state index in [0.717, 1.165) is 37.1 Å². The molecule has 1 aromatic heterocycles. The Morgan fingerprint density at radius 3 is 2.89 bits per heavy atom. The van der Waals surface area contributed by atoms with Crippen LogP contribution in [0.3, 0.4) is 0 Å². The van der Waals surface area contributed by atoms with E-state index in [9.17, 15) is 4.79 Å². The van der Waals surface area contributed by atoms with E-state index in [2.05, 4.69) is 18.2 Å². The molecule has 0 saturated heterocycles. The van der Waals surface area contributed by atoms with Crippen LogP contribution in [0.2, 0.25) is 0 Å². The third-order valence-electron chi connectivity index (χ3n) is 3.37. The lowest BCUT2D eigenvalue weighted by Crippen LogP contribution is -2.31. The number of hydrogen-bond donors (Lipinski definition) is 0. The molecule has 0 bridgehead atoms. The Labute approximate surface area is 111 Å². The summed E-state index contributed by atoms with van der Waals surface area (Å²) < 4.78 is 0. The zero-order chi connectivity index (χ0) is 12.4. The van der Waals surface area contributed by atoms with Gasteiger partial charge in [0.15, 0.2) is 0 Å². The molecular formula is C15H15NOS. The number of nitrogens with zero attached hydrogens (tertiary/aromatic N) is 1. The Bertz CT molecular complexity index is 547. The standard InChI is InChI=1S/C15H15NOS/c17-15(13-8-10-18-11-13)16-9-4-3-6-12-5-1-2-7-14(12)16/h1-2,5,7-8,10-11H,3-4,6,9H2. The number of carbonyl (C=O) groups excluding carboxylic acids is 1. The van der Waals surface area contributed by atoms with Gasteiger partial charge in [-0.05, 0) is 42.3 Å². The van der Waals surface area contributed by atoms with Crippen LogP contribution in [0.25, 0.3) is 0 Å². The average molecular weight is 257 g/mol. The number of aryl methyl sites for hydroxylation is 1. The highest BCUT2D eigenvalue weighted by Gasteiger charge is 2.21. The molecule has 2 heterocycles. The summed E-state index contributed by atoms with van der Waals surface area (Å²) in [6.07, 6.45) is 3.30. The lowest BCUT2D eigenvalue weighted by Gasteiger charge is -2.22. The molecule has 18 heavy (non-hydrogen) atoms. The fourth-order valence-corrected chi connectivity index (χ4v) is 3.07. The van der Waals surface area contributed by atoms with Crippen LogP contribution >= 0.6 is 11.3 Å². The van der Waals surface area contributed by atoms with Gasteiger partial charge in [-0.1, -0.05) is 18.2 Å². The molecule has 3 rings (SSSR count). The van der Waals surface area contributed by atoms with E-state index in [0.29, 0.717) is 0 Å². The molecule has 2 nitrogen and oxygen atoms in total. The van der Waals surface area contributed by atoms with Gasteiger partial charge < -0.3 is 4.90 Å². The van der Waals surface area contributed by atoms with Crippen LogP contribution in [-0.2, 0) is 6.42 Å². The van der Waals surface area contributed by atoms with Crippen LogP contribution in [0.15, 0.2) is 41.1 Å². The first-order valence-corrected chi connectivity index (χ1v) is 7.22. The maximum absolute atomic E-state index is 12.5. The summed E-state index contributed by atoms with van der Waals surface area (Å²) in [5, 5.41) is 3.88. The van der Waals surface area contributed by atoms with Gasteiger partial charge in [0.2, 0.25) is 0 Å². The molecule has 0 atom stereocenters. The predicted octanol–water partition coefficient (Wildman–Crippen LogP) is 3.73. The van der Waals surface area contributed by atoms with Gasteiger partial charge in [0.25, 0.3) is 5.91 Å². The van der Waals surface area contributed by atoms with Crippen molar-refractivity contribution in [2.75, 3.05) is 11.4 Å². The van der Waals surface area contributed by atoms with Gasteiger partial charge in [0.1, 0.15) is 0 Å². The summed E-state index contributed by atoms with van der Waals surface area (Å²) >= 11 is 1.57. The summed E-state index contributed by atoms with van der Waals surface area (Å²) in [4.78, 5) is 14.4. The number of thiophene rings is 1. The van der Waals surface area contributed by atoms with E-state index < -0.39 is 0 Å². The lowest BCUT2D eigenvalue weighted by atomic mass is 10.1. The molecule has 2 aromatic rings. The van der Waals surface area contributed by atoms with Crippen molar-refractivity contribution >= 4 is 22.9 Å². The molecule has 0 saturated carbocycles. The smallest absolute Gasteiger partial charge is 0.259 e. The topological polar surface area (TPSA) is 20.3 Å². The summed E-state index contributed by atoms with van der Waals surface area (Å²) in [6.45, 7) is 0.825. The van der Waals surface area contributed by atoms with E-state index in [-0.39, 0.29) is 5.91 Å². The van der Waals surface area contributed by atoms with E-state index in [1.54, 1.807) is 11.3 Å². The van der Waals surface area contributed by atoms with Crippen LogP contribution in [0, 0.1) is 0 Å². The molecular weight excluding hydrogens is 242 g/mol. The van der Waals surface area contributed by atoms with Crippen molar-refractivity contribution in [1.29, 1.82) is 0 Å². The lowest BCUT2D eigenvalue weighted by molar-refractivity contribution is 0.0987. The molecule has 0 N–H and O–H groups in total. The Hall–Kier alpha value is -1.61. The second-order valence-corrected chi connectivity index (χ2v) is 5.33. The predicted molar refractivity (Wildman–Crippen MR) is 75.4 cm³/mol. The maximum Gasteiger partial charge on any atom is 0.259 e. The SMILES string of the molecule is O=C(c1ccsc1)N1CCCCc2ccccc21. The quantitative estimate of drug-likeness (QED) is 0.762. The van der Waals surface area contributed by atoms with Gasteiger partial charge in [-0.2, -0.15) is 11.3 Å². The normalized spacial score (nSPS) is 15.0. The van der Waals surface area contributed by atoms with Gasteiger partial charge >= 0.3 is 0 Å². The molecule has 1 aromatic carbocycles. The largest absolute Gasteiger partial charge is 0.308 e. The minimum absolute atomic E-state index is 0.130. The Kier molecular flexibility index (Phi) is 3.15. The van der Waals surface area contributed by atoms with Gasteiger partial charge in [0.05, 0.1) is 5.56 Å². The molecule has 0 aliphatic carbocycles. The Morgan fingerprint density at radius 1 is 1.17 bits per heavy atom. The molecule has 0 spiro atoms. The summed E-state index contributed by atoms with van der Waals surface area (Å²) in [7, 11) is 0. The summed E-state index contributed by atoms with van der Waals surface area (Å²) in [5.74, 6) is 0.130. The molecule has 1 aliphatic rings. The first-order chi connectivity index (χ1) is 8.86. The summed E-state index contributed by atoms with van der Waals surface area (Å²) in [6, 6.07) is 10.2. The molecule has 92 valence electrons. The molecule has 1 aliphatic heterocycles. The van der Waals surface area contributed by atoms with E-state index in [1.807, 2.05) is 27.8 Å². The van der Waals surface area contributed by atoms with Crippen molar-refractivity contribution in [1.82, 2.24) is 0 Å². The van der Waals surface area contributed by atoms with Crippen molar-refractivity contribution in [3.8, 4) is 0 Å². The highest BCUT2D eigenvalue weighted by Crippen LogP contribution is 2.27. The van der Waals surface area contributed by atoms with Gasteiger partial charge in [0, 0.05) is 17.6 Å². The van der Waals surface area contributed by atoms with Gasteiger partial charge in [-0.3, -0.25) is 4.79 Å². The number of carbonyl (C=O) groups is 1. The van der Waals surface area contributed by atoms with E-state index in [4.69, 9.17) is 0 Å². The second kappa shape index (κ2) is 4.94. The highest BCUT2D eigenvalue weighted by molar-refractivity contribution is 7.08. The van der Waals surface area contributed by atoms with Crippen LogP contribution in [-0.4, -0.2) is 12.5 Å². The van der Waals surface area contributed by atoms with Crippen molar-refractivity contribution in [2.24, 2.45) is 0 Å². The van der Waals surface area contributed by atoms with Gasteiger partial charge in [-0.15, -0.1) is 0 Å². The van der Waals surface area contributed by atoms with Crippen LogP contribution in [0.4, 0.5) is 5.69 Å². The fourth-order valence-electron chi connectivity index (χ4n) is 2.44. The van der Waals surface area contributed by atoms with Crippen LogP contribution in [0.5, 0.6) is 0 Å². The first kappa shape index (κ1) is 11.5. The number of benzene rings is 1. The first-order valence-electron chi connectivity index (χ1n) is 6.28. The Balaban J connectivity index is 1.99. The maximum atomic E-state index is 12.5. The van der Waals surface area contributed by atoms with Crippen molar-refractivity contribution in [2.45, 2.75) is 19.3 Å². The second-order valence-electron chi connectivity index (χ2n) is 4.55. The van der Waals surface area contributed by atoms with E-state index >= 15 is 0 Å². The molecule has 0 fully saturated rings. The number of amides is 1. The third kappa shape index (κ3) is 2.06. The Morgan fingerprint density at radius 2 is 2.06 bits per heavy atom.